The van der Waals surface area contributed by atoms with Gasteiger partial charge in [0.15, 0.2) is 0 Å². The maximum absolute atomic E-state index is 8.60. The van der Waals surface area contributed by atoms with Crippen molar-refractivity contribution in [1.29, 1.82) is 0 Å². The summed E-state index contributed by atoms with van der Waals surface area (Å²) in [6.45, 7) is 7.19. The molecule has 0 amide bonds. The summed E-state index contributed by atoms with van der Waals surface area (Å²) in [7, 11) is 6.60. The van der Waals surface area contributed by atoms with Gasteiger partial charge in [-0.15, -0.1) is 0 Å². The van der Waals surface area contributed by atoms with Crippen LogP contribution in [0.1, 0.15) is 0 Å². The summed E-state index contributed by atoms with van der Waals surface area (Å²) in [6.07, 6.45) is 0. The number of hydrogen-bond acceptors (Lipinski definition) is 6. The van der Waals surface area contributed by atoms with Crippen LogP contribution in [0, 0.1) is 7.43 Å². The quantitative estimate of drug-likeness (QED) is 0.510. The van der Waals surface area contributed by atoms with E-state index in [0.717, 1.165) is 0 Å². The fourth-order valence-electron chi connectivity index (χ4n) is 1.36. The Morgan fingerprint density at radius 1 is 0.647 bits per heavy atom. The van der Waals surface area contributed by atoms with Gasteiger partial charge in [0, 0.05) is 39.3 Å². The molecule has 1 heterocycles. The van der Waals surface area contributed by atoms with Crippen molar-refractivity contribution < 1.29 is 27.0 Å². The van der Waals surface area contributed by atoms with Crippen LogP contribution < -0.4 is 0 Å². The molecule has 1 fully saturated rings. The predicted molar refractivity (Wildman–Crippen MR) is 61.0 cm³/mol. The number of hydrogen-bond donors (Lipinski definition) is 0. The van der Waals surface area contributed by atoms with Crippen LogP contribution in [0.4, 0.5) is 0 Å². The van der Waals surface area contributed by atoms with E-state index in [1.165, 1.54) is 39.3 Å². The van der Waals surface area contributed by atoms with E-state index < -0.39 is 16.6 Å². The van der Waals surface area contributed by atoms with E-state index >= 15 is 0 Å². The van der Waals surface area contributed by atoms with Gasteiger partial charge in [-0.2, -0.15) is 0 Å². The van der Waals surface area contributed by atoms with E-state index in [9.17, 15) is 0 Å². The van der Waals surface area contributed by atoms with Crippen LogP contribution in [0.3, 0.4) is 0 Å². The molecule has 17 heavy (non-hydrogen) atoms. The molecule has 1 aliphatic heterocycles. The van der Waals surface area contributed by atoms with E-state index in [4.69, 9.17) is 10.4 Å². The molecule has 1 saturated heterocycles. The SMILES string of the molecule is CN1CCN(C)CCN(C)CC1.[CH3-].[O]=[Re](=[O])=[O]. The molecule has 0 spiro atoms. The monoisotopic (exact) mass is 421 g/mol. The van der Waals surface area contributed by atoms with Crippen LogP contribution in [0.15, 0.2) is 0 Å². The Labute approximate surface area is 110 Å². The van der Waals surface area contributed by atoms with Gasteiger partial charge < -0.3 is 22.1 Å². The summed E-state index contributed by atoms with van der Waals surface area (Å²) < 4.78 is 25.8. The van der Waals surface area contributed by atoms with E-state index in [0.29, 0.717) is 0 Å². The molecule has 0 radical (unpaired) electrons. The zero-order valence-corrected chi connectivity index (χ0v) is 13.9. The molecule has 7 heteroatoms. The molecule has 1 aliphatic rings. The van der Waals surface area contributed by atoms with Crippen LogP contribution in [-0.2, 0) is 27.0 Å². The Kier molecular flexibility index (Phi) is 12.5. The summed E-state index contributed by atoms with van der Waals surface area (Å²) in [5, 5.41) is 0. The molecule has 0 aromatic heterocycles. The summed E-state index contributed by atoms with van der Waals surface area (Å²) in [5.74, 6) is 0. The molecule has 0 N–H and O–H groups in total. The van der Waals surface area contributed by atoms with Crippen LogP contribution in [-0.4, -0.2) is 75.1 Å². The van der Waals surface area contributed by atoms with Gasteiger partial charge >= 0.3 is 27.0 Å². The summed E-state index contributed by atoms with van der Waals surface area (Å²) >= 11 is -4.21. The Morgan fingerprint density at radius 2 is 0.765 bits per heavy atom. The minimum atomic E-state index is -4.21. The fourth-order valence-corrected chi connectivity index (χ4v) is 1.36. The first-order valence-electron chi connectivity index (χ1n) is 5.20. The number of rotatable bonds is 0. The molecular formula is C10H24N3O3Re-. The molecule has 105 valence electrons. The Balaban J connectivity index is 0. The van der Waals surface area contributed by atoms with Gasteiger partial charge in [-0.1, -0.05) is 0 Å². The topological polar surface area (TPSA) is 60.9 Å². The molecule has 0 unspecified atom stereocenters. The molecule has 0 aromatic carbocycles. The second-order valence-electron chi connectivity index (χ2n) is 4.10. The third kappa shape index (κ3) is 13.9. The molecule has 0 saturated carbocycles. The van der Waals surface area contributed by atoms with Gasteiger partial charge in [0.2, 0.25) is 0 Å². The Hall–Kier alpha value is -0.0577. The van der Waals surface area contributed by atoms with Gasteiger partial charge in [0.25, 0.3) is 0 Å². The second kappa shape index (κ2) is 11.1. The minimum absolute atomic E-state index is 0. The first kappa shape index (κ1) is 19.3. The molecule has 0 aliphatic carbocycles. The molecule has 6 nitrogen and oxygen atoms in total. The summed E-state index contributed by atoms with van der Waals surface area (Å²) in [4.78, 5) is 7.20. The zero-order valence-electron chi connectivity index (χ0n) is 11.2. The standard InChI is InChI=1S/C9H21N3.CH3.3O.Re/c1-10-4-6-11(2)8-9-12(3)7-5-10;;;;;/h4-9H2,1-3H3;1H3;;;;/q;-1;;;;. The molecular weight excluding hydrogens is 396 g/mol. The third-order valence-electron chi connectivity index (χ3n) is 2.59. The van der Waals surface area contributed by atoms with E-state index in [-0.39, 0.29) is 7.43 Å². The first-order valence-corrected chi connectivity index (χ1v) is 8.53. The number of nitrogens with zero attached hydrogens (tertiary/aromatic N) is 3. The zero-order chi connectivity index (χ0) is 12.6. The van der Waals surface area contributed by atoms with Crippen LogP contribution in [0.25, 0.3) is 0 Å². The molecule has 0 atom stereocenters. The van der Waals surface area contributed by atoms with Gasteiger partial charge in [-0.3, -0.25) is 0 Å². The van der Waals surface area contributed by atoms with E-state index in [1.54, 1.807) is 0 Å². The summed E-state index contributed by atoms with van der Waals surface area (Å²) in [5.41, 5.74) is 0. The second-order valence-corrected chi connectivity index (χ2v) is 5.46. The van der Waals surface area contributed by atoms with Gasteiger partial charge in [0.05, 0.1) is 0 Å². The van der Waals surface area contributed by atoms with Crippen molar-refractivity contribution in [2.75, 3.05) is 60.4 Å². The van der Waals surface area contributed by atoms with E-state index in [1.807, 2.05) is 0 Å². The number of likely N-dealkylation sites (N-methyl/N-ethyl adjacent to an activating group) is 3. The van der Waals surface area contributed by atoms with Gasteiger partial charge in [0.1, 0.15) is 0 Å². The van der Waals surface area contributed by atoms with Crippen LogP contribution in [0.2, 0.25) is 0 Å². The molecule has 1 rings (SSSR count). The Bertz CT molecular complexity index is 238. The van der Waals surface area contributed by atoms with Crippen molar-refractivity contribution in [3.05, 3.63) is 7.43 Å². The third-order valence-corrected chi connectivity index (χ3v) is 2.59. The van der Waals surface area contributed by atoms with Crippen molar-refractivity contribution in [2.24, 2.45) is 0 Å². The van der Waals surface area contributed by atoms with E-state index in [2.05, 4.69) is 35.8 Å². The average molecular weight is 421 g/mol. The van der Waals surface area contributed by atoms with Gasteiger partial charge in [-0.25, -0.2) is 0 Å². The van der Waals surface area contributed by atoms with Crippen molar-refractivity contribution in [3.63, 3.8) is 0 Å². The van der Waals surface area contributed by atoms with Crippen molar-refractivity contribution in [1.82, 2.24) is 14.7 Å². The molecule has 0 bridgehead atoms. The predicted octanol–water partition coefficient (Wildman–Crippen LogP) is -0.113. The Morgan fingerprint density at radius 3 is 0.882 bits per heavy atom. The maximum atomic E-state index is 8.60. The first-order chi connectivity index (χ1) is 7.41. The van der Waals surface area contributed by atoms with Gasteiger partial charge in [-0.05, 0) is 21.1 Å². The van der Waals surface area contributed by atoms with Crippen molar-refractivity contribution in [3.8, 4) is 0 Å². The normalized spacial score (nSPS) is 19.9. The fraction of sp³-hybridized carbons (Fsp3) is 0.900. The van der Waals surface area contributed by atoms with Crippen LogP contribution in [0.5, 0.6) is 0 Å². The van der Waals surface area contributed by atoms with Crippen LogP contribution >= 0.6 is 0 Å². The molecule has 0 aromatic rings. The summed E-state index contributed by atoms with van der Waals surface area (Å²) in [6, 6.07) is 0. The average Bonchev–Trinajstić information content (AvgIpc) is 2.24. The van der Waals surface area contributed by atoms with Crippen molar-refractivity contribution in [2.45, 2.75) is 0 Å². The van der Waals surface area contributed by atoms with Crippen molar-refractivity contribution >= 4 is 0 Å².